The monoisotopic (exact) mass is 471 g/mol. The first-order valence-corrected chi connectivity index (χ1v) is 13.2. The van der Waals surface area contributed by atoms with Crippen molar-refractivity contribution >= 4 is 38.9 Å². The van der Waals surface area contributed by atoms with Gasteiger partial charge in [0.2, 0.25) is 10.0 Å². The van der Waals surface area contributed by atoms with E-state index >= 15 is 0 Å². The Kier molecular flexibility index (Phi) is 10.6. The lowest BCUT2D eigenvalue weighted by Crippen LogP contribution is -2.39. The maximum absolute atomic E-state index is 12.6. The van der Waals surface area contributed by atoms with Gasteiger partial charge in [0, 0.05) is 10.7 Å². The lowest BCUT2D eigenvalue weighted by Gasteiger charge is -2.23. The number of methoxy groups -OCH3 is 1. The second-order valence-electron chi connectivity index (χ2n) is 7.98. The Balaban J connectivity index is 2.08. The van der Waals surface area contributed by atoms with Crippen molar-refractivity contribution in [2.75, 3.05) is 24.2 Å². The number of halogens is 1. The molecule has 0 saturated heterocycles. The van der Waals surface area contributed by atoms with E-state index in [0.717, 1.165) is 42.0 Å². The Hall–Kier alpha value is -1.80. The molecule has 31 heavy (non-hydrogen) atoms. The Bertz CT molecular complexity index is 844. The van der Waals surface area contributed by atoms with Crippen LogP contribution in [-0.4, -0.2) is 39.9 Å². The van der Waals surface area contributed by atoms with Crippen molar-refractivity contribution in [3.05, 3.63) is 23.2 Å². The number of ether oxygens (including phenoxy) is 1. The van der Waals surface area contributed by atoms with Crippen LogP contribution in [0.25, 0.3) is 0 Å². The van der Waals surface area contributed by atoms with Crippen molar-refractivity contribution in [3.8, 4) is 5.75 Å². The number of hydrogen-bond acceptors (Lipinski definition) is 5. The summed E-state index contributed by atoms with van der Waals surface area (Å²) in [6.07, 6.45) is 13.6. The molecular formula is C22H34ClN3O4S. The highest BCUT2D eigenvalue weighted by molar-refractivity contribution is 7.92. The highest BCUT2D eigenvalue weighted by Crippen LogP contribution is 2.32. The molecular weight excluding hydrogens is 438 g/mol. The predicted octanol–water partition coefficient (Wildman–Crippen LogP) is 4.89. The van der Waals surface area contributed by atoms with Crippen molar-refractivity contribution in [3.63, 3.8) is 0 Å². The van der Waals surface area contributed by atoms with Crippen molar-refractivity contribution in [1.29, 1.82) is 0 Å². The smallest absolute Gasteiger partial charge is 0.260 e. The van der Waals surface area contributed by atoms with E-state index in [1.807, 2.05) is 0 Å². The maximum Gasteiger partial charge on any atom is 0.260 e. The summed E-state index contributed by atoms with van der Waals surface area (Å²) in [7, 11) is -2.31. The van der Waals surface area contributed by atoms with Crippen molar-refractivity contribution in [1.82, 2.24) is 5.43 Å². The van der Waals surface area contributed by atoms with Gasteiger partial charge in [-0.05, 0) is 43.9 Å². The SMILES string of the molecule is COc1ccc(Cl)cc1N(CC(=O)NN=C1CCCCCCCCCCC1)S(C)(=O)=O. The number of hydrogen-bond donors (Lipinski definition) is 1. The maximum atomic E-state index is 12.6. The zero-order valence-electron chi connectivity index (χ0n) is 18.5. The minimum atomic E-state index is -3.75. The third-order valence-electron chi connectivity index (χ3n) is 5.37. The van der Waals surface area contributed by atoms with Gasteiger partial charge < -0.3 is 4.74 Å². The molecule has 1 saturated carbocycles. The average molecular weight is 472 g/mol. The molecule has 0 unspecified atom stereocenters. The Morgan fingerprint density at radius 3 is 2.13 bits per heavy atom. The summed E-state index contributed by atoms with van der Waals surface area (Å²) < 4.78 is 31.0. The molecule has 2 rings (SSSR count). The normalized spacial score (nSPS) is 16.5. The highest BCUT2D eigenvalue weighted by atomic mass is 35.5. The number of nitrogens with one attached hydrogen (secondary N) is 1. The number of carbonyl (C=O) groups excluding carboxylic acids is 1. The number of rotatable bonds is 6. The minimum absolute atomic E-state index is 0.214. The van der Waals surface area contributed by atoms with E-state index in [-0.39, 0.29) is 5.69 Å². The summed E-state index contributed by atoms with van der Waals surface area (Å²) in [5, 5.41) is 4.68. The fraction of sp³-hybridized carbons (Fsp3) is 0.636. The highest BCUT2D eigenvalue weighted by Gasteiger charge is 2.24. The summed E-state index contributed by atoms with van der Waals surface area (Å²) >= 11 is 6.04. The van der Waals surface area contributed by atoms with E-state index < -0.39 is 22.5 Å². The lowest BCUT2D eigenvalue weighted by molar-refractivity contribution is -0.119. The average Bonchev–Trinajstić information content (AvgIpc) is 2.71. The van der Waals surface area contributed by atoms with Crippen LogP contribution in [0.5, 0.6) is 5.75 Å². The fourth-order valence-corrected chi connectivity index (χ4v) is 4.70. The number of sulfonamides is 1. The predicted molar refractivity (Wildman–Crippen MR) is 127 cm³/mol. The van der Waals surface area contributed by atoms with Gasteiger partial charge in [0.15, 0.2) is 0 Å². The van der Waals surface area contributed by atoms with Crippen molar-refractivity contribution < 1.29 is 17.9 Å². The molecule has 1 fully saturated rings. The summed E-state index contributed by atoms with van der Waals surface area (Å²) in [6.45, 7) is -0.410. The molecule has 1 aromatic carbocycles. The van der Waals surface area contributed by atoms with Crippen molar-refractivity contribution in [2.24, 2.45) is 5.10 Å². The number of benzene rings is 1. The van der Waals surface area contributed by atoms with E-state index in [2.05, 4.69) is 10.5 Å². The molecule has 174 valence electrons. The van der Waals surface area contributed by atoms with Crippen LogP contribution in [0, 0.1) is 0 Å². The van der Waals surface area contributed by atoms with Crippen molar-refractivity contribution in [2.45, 2.75) is 70.6 Å². The van der Waals surface area contributed by atoms with Crippen LogP contribution < -0.4 is 14.5 Å². The van der Waals surface area contributed by atoms with Gasteiger partial charge in [-0.15, -0.1) is 0 Å². The van der Waals surface area contributed by atoms with Crippen LogP contribution in [0.15, 0.2) is 23.3 Å². The second kappa shape index (κ2) is 12.9. The fourth-order valence-electron chi connectivity index (χ4n) is 3.68. The van der Waals surface area contributed by atoms with Gasteiger partial charge in [0.1, 0.15) is 12.3 Å². The number of carbonyl (C=O) groups is 1. The molecule has 0 heterocycles. The molecule has 1 aromatic rings. The molecule has 0 aromatic heterocycles. The molecule has 0 radical (unpaired) electrons. The molecule has 1 aliphatic rings. The van der Waals surface area contributed by atoms with Gasteiger partial charge in [0.05, 0.1) is 19.1 Å². The van der Waals surface area contributed by atoms with Crippen LogP contribution in [-0.2, 0) is 14.8 Å². The molecule has 1 aliphatic carbocycles. The van der Waals surface area contributed by atoms with Crippen LogP contribution >= 0.6 is 11.6 Å². The molecule has 0 aliphatic heterocycles. The topological polar surface area (TPSA) is 88.1 Å². The van der Waals surface area contributed by atoms with E-state index in [9.17, 15) is 13.2 Å². The van der Waals surface area contributed by atoms with Crippen LogP contribution in [0.3, 0.4) is 0 Å². The number of hydrazone groups is 1. The standard InChI is InChI=1S/C22H34ClN3O4S/c1-30-21-15-14-18(23)16-20(21)26(31(2,28)29)17-22(27)25-24-19-12-10-8-6-4-3-5-7-9-11-13-19/h14-16H,3-13,17H2,1-2H3,(H,25,27). The largest absolute Gasteiger partial charge is 0.495 e. The van der Waals surface area contributed by atoms with Gasteiger partial charge in [-0.25, -0.2) is 13.8 Å². The second-order valence-corrected chi connectivity index (χ2v) is 10.3. The summed E-state index contributed by atoms with van der Waals surface area (Å²) in [5.41, 5.74) is 3.74. The molecule has 0 bridgehead atoms. The van der Waals surface area contributed by atoms with Crippen LogP contribution in [0.1, 0.15) is 70.6 Å². The minimum Gasteiger partial charge on any atom is -0.495 e. The van der Waals surface area contributed by atoms with E-state index in [1.54, 1.807) is 12.1 Å². The number of nitrogens with zero attached hydrogens (tertiary/aromatic N) is 2. The third kappa shape index (κ3) is 9.07. The molecule has 1 amide bonds. The quantitative estimate of drug-likeness (QED) is 0.598. The van der Waals surface area contributed by atoms with Gasteiger partial charge >= 0.3 is 0 Å². The summed E-state index contributed by atoms with van der Waals surface area (Å²) in [6, 6.07) is 4.63. The first-order chi connectivity index (χ1) is 14.8. The summed E-state index contributed by atoms with van der Waals surface area (Å²) in [4.78, 5) is 12.6. The Morgan fingerprint density at radius 2 is 1.61 bits per heavy atom. The van der Waals surface area contributed by atoms with Gasteiger partial charge in [0.25, 0.3) is 5.91 Å². The van der Waals surface area contributed by atoms with Crippen LogP contribution in [0.4, 0.5) is 5.69 Å². The molecule has 1 N–H and O–H groups in total. The van der Waals surface area contributed by atoms with Gasteiger partial charge in [-0.1, -0.05) is 56.5 Å². The van der Waals surface area contributed by atoms with Crippen LogP contribution in [0.2, 0.25) is 5.02 Å². The summed E-state index contributed by atoms with van der Waals surface area (Å²) in [5.74, 6) is -0.195. The molecule has 0 atom stereocenters. The number of amides is 1. The van der Waals surface area contributed by atoms with Gasteiger partial charge in [-0.2, -0.15) is 5.10 Å². The number of anilines is 1. The lowest BCUT2D eigenvalue weighted by atomic mass is 10.00. The van der Waals surface area contributed by atoms with E-state index in [0.29, 0.717) is 10.8 Å². The molecule has 0 spiro atoms. The third-order valence-corrected chi connectivity index (χ3v) is 6.73. The Morgan fingerprint density at radius 1 is 1.06 bits per heavy atom. The zero-order chi connectivity index (χ0) is 22.7. The first-order valence-electron chi connectivity index (χ1n) is 11.0. The molecule has 7 nitrogen and oxygen atoms in total. The van der Waals surface area contributed by atoms with Gasteiger partial charge in [-0.3, -0.25) is 9.10 Å². The zero-order valence-corrected chi connectivity index (χ0v) is 20.1. The van der Waals surface area contributed by atoms with E-state index in [1.165, 1.54) is 58.1 Å². The molecule has 9 heteroatoms. The van der Waals surface area contributed by atoms with E-state index in [4.69, 9.17) is 16.3 Å². The Labute approximate surface area is 191 Å². The first kappa shape index (κ1) is 25.5.